The van der Waals surface area contributed by atoms with Crippen LogP contribution in [0.1, 0.15) is 29.2 Å². The second-order valence-corrected chi connectivity index (χ2v) is 7.07. The Morgan fingerprint density at radius 2 is 1.47 bits per heavy atom. The number of hydrogen-bond donors (Lipinski definition) is 0. The fourth-order valence-electron chi connectivity index (χ4n) is 3.59. The summed E-state index contributed by atoms with van der Waals surface area (Å²) in [6.45, 7) is 0. The van der Waals surface area contributed by atoms with Gasteiger partial charge in [0.05, 0.1) is 23.7 Å². The maximum atomic E-state index is 5.00. The number of anilines is 1. The zero-order valence-electron chi connectivity index (χ0n) is 16.3. The van der Waals surface area contributed by atoms with Crippen LogP contribution in [0.2, 0.25) is 0 Å². The summed E-state index contributed by atoms with van der Waals surface area (Å²) in [5, 5.41) is 18.9. The van der Waals surface area contributed by atoms with Crippen LogP contribution in [0.5, 0.6) is 0 Å². The third kappa shape index (κ3) is 3.75. The molecule has 0 aliphatic carbocycles. The van der Waals surface area contributed by atoms with Gasteiger partial charge in [0.25, 0.3) is 0 Å². The molecule has 146 valence electrons. The van der Waals surface area contributed by atoms with Crippen LogP contribution in [0, 0.1) is 0 Å². The van der Waals surface area contributed by atoms with Gasteiger partial charge in [0, 0.05) is 6.42 Å². The highest BCUT2D eigenvalue weighted by Gasteiger charge is 2.29. The molecule has 6 nitrogen and oxygen atoms in total. The van der Waals surface area contributed by atoms with E-state index in [9.17, 15) is 0 Å². The van der Waals surface area contributed by atoms with Crippen molar-refractivity contribution in [1.29, 1.82) is 0 Å². The SMILES string of the molecule is C(=Nn1cnnc1)c1ccc(N2N=C(c3ccccc3)CC2c2ccccc2)cc1. The van der Waals surface area contributed by atoms with Crippen molar-refractivity contribution in [3.8, 4) is 0 Å². The summed E-state index contributed by atoms with van der Waals surface area (Å²) in [5.41, 5.74) is 5.57. The fourth-order valence-corrected chi connectivity index (χ4v) is 3.59. The molecule has 1 aliphatic heterocycles. The van der Waals surface area contributed by atoms with E-state index in [2.05, 4.69) is 81.0 Å². The monoisotopic (exact) mass is 392 g/mol. The van der Waals surface area contributed by atoms with Gasteiger partial charge in [-0.2, -0.15) is 10.2 Å². The van der Waals surface area contributed by atoms with Crippen LogP contribution >= 0.6 is 0 Å². The highest BCUT2D eigenvalue weighted by molar-refractivity contribution is 6.03. The van der Waals surface area contributed by atoms with E-state index in [0.717, 1.165) is 23.4 Å². The second-order valence-electron chi connectivity index (χ2n) is 7.07. The Bertz CT molecular complexity index is 1150. The lowest BCUT2D eigenvalue weighted by Crippen LogP contribution is -2.18. The molecule has 0 saturated carbocycles. The average Bonchev–Trinajstić information content (AvgIpc) is 3.50. The molecule has 1 aromatic heterocycles. The van der Waals surface area contributed by atoms with Gasteiger partial charge < -0.3 is 0 Å². The van der Waals surface area contributed by atoms with Gasteiger partial charge >= 0.3 is 0 Å². The molecule has 0 bridgehead atoms. The molecule has 6 heteroatoms. The number of benzene rings is 3. The van der Waals surface area contributed by atoms with E-state index in [1.807, 2.05) is 24.3 Å². The zero-order valence-corrected chi connectivity index (χ0v) is 16.3. The third-order valence-electron chi connectivity index (χ3n) is 5.11. The Morgan fingerprint density at radius 3 is 2.17 bits per heavy atom. The molecule has 2 heterocycles. The van der Waals surface area contributed by atoms with Crippen molar-refractivity contribution in [2.24, 2.45) is 10.2 Å². The molecule has 1 unspecified atom stereocenters. The molecule has 30 heavy (non-hydrogen) atoms. The molecule has 0 spiro atoms. The van der Waals surface area contributed by atoms with E-state index in [0.29, 0.717) is 0 Å². The molecule has 1 atom stereocenters. The summed E-state index contributed by atoms with van der Waals surface area (Å²) in [7, 11) is 0. The van der Waals surface area contributed by atoms with Crippen molar-refractivity contribution in [1.82, 2.24) is 14.9 Å². The van der Waals surface area contributed by atoms with Gasteiger partial charge in [0.2, 0.25) is 0 Å². The maximum absolute atomic E-state index is 5.00. The lowest BCUT2D eigenvalue weighted by molar-refractivity contribution is 0.709. The van der Waals surface area contributed by atoms with Crippen molar-refractivity contribution < 1.29 is 0 Å². The van der Waals surface area contributed by atoms with Crippen LogP contribution in [0.15, 0.2) is 108 Å². The molecule has 4 aromatic rings. The molecule has 0 saturated heterocycles. The Labute approximate surface area is 174 Å². The molecule has 0 radical (unpaired) electrons. The summed E-state index contributed by atoms with van der Waals surface area (Å²) in [4.78, 5) is 0. The normalized spacial score (nSPS) is 16.2. The van der Waals surface area contributed by atoms with E-state index >= 15 is 0 Å². The first-order valence-corrected chi connectivity index (χ1v) is 9.83. The Morgan fingerprint density at radius 1 is 0.800 bits per heavy atom. The molecule has 5 rings (SSSR count). The van der Waals surface area contributed by atoms with E-state index < -0.39 is 0 Å². The summed E-state index contributed by atoms with van der Waals surface area (Å²) in [6.07, 6.45) is 5.76. The first-order valence-electron chi connectivity index (χ1n) is 9.83. The van der Waals surface area contributed by atoms with Gasteiger partial charge in [0.1, 0.15) is 12.7 Å². The van der Waals surface area contributed by atoms with E-state index in [1.54, 1.807) is 23.5 Å². The molecule has 0 N–H and O–H groups in total. The van der Waals surface area contributed by atoms with Crippen LogP contribution in [0.25, 0.3) is 0 Å². The second kappa shape index (κ2) is 8.13. The highest BCUT2D eigenvalue weighted by atomic mass is 15.5. The van der Waals surface area contributed by atoms with E-state index in [4.69, 9.17) is 5.10 Å². The summed E-state index contributed by atoms with van der Waals surface area (Å²) < 4.78 is 1.57. The topological polar surface area (TPSA) is 58.7 Å². The zero-order chi connectivity index (χ0) is 20.2. The van der Waals surface area contributed by atoms with Gasteiger partial charge in [0.15, 0.2) is 0 Å². The molecule has 0 fully saturated rings. The van der Waals surface area contributed by atoms with Gasteiger partial charge in [-0.25, -0.2) is 4.68 Å². The predicted molar refractivity (Wildman–Crippen MR) is 119 cm³/mol. The standard InChI is InChI=1S/C24H20N6/c1-3-7-20(8-4-1)23-15-24(21-9-5-2-6-10-21)30(28-23)22-13-11-19(12-14-22)16-27-29-17-25-26-18-29/h1-14,16-18,24H,15H2. The van der Waals surface area contributed by atoms with Crippen molar-refractivity contribution in [3.05, 3.63) is 114 Å². The Hall–Kier alpha value is -4.06. The van der Waals surface area contributed by atoms with Crippen LogP contribution < -0.4 is 5.01 Å². The lowest BCUT2D eigenvalue weighted by atomic mass is 9.98. The average molecular weight is 392 g/mol. The van der Waals surface area contributed by atoms with Gasteiger partial charge in [-0.3, -0.25) is 5.01 Å². The van der Waals surface area contributed by atoms with Crippen molar-refractivity contribution >= 4 is 17.6 Å². The molecule has 0 amide bonds. The maximum Gasteiger partial charge on any atom is 0.141 e. The quantitative estimate of drug-likeness (QED) is 0.469. The van der Waals surface area contributed by atoms with Crippen LogP contribution in [-0.4, -0.2) is 26.8 Å². The Balaban J connectivity index is 1.45. The predicted octanol–water partition coefficient (Wildman–Crippen LogP) is 4.52. The minimum Gasteiger partial charge on any atom is -0.257 e. The largest absolute Gasteiger partial charge is 0.257 e. The van der Waals surface area contributed by atoms with Crippen LogP contribution in [-0.2, 0) is 0 Å². The van der Waals surface area contributed by atoms with Gasteiger partial charge in [-0.15, -0.1) is 10.2 Å². The van der Waals surface area contributed by atoms with E-state index in [1.165, 1.54) is 11.1 Å². The summed E-state index contributed by atoms with van der Waals surface area (Å²) in [6, 6.07) is 29.4. The molecular weight excluding hydrogens is 372 g/mol. The van der Waals surface area contributed by atoms with Crippen LogP contribution in [0.3, 0.4) is 0 Å². The van der Waals surface area contributed by atoms with E-state index in [-0.39, 0.29) is 6.04 Å². The minimum atomic E-state index is 0.165. The first kappa shape index (κ1) is 18.0. The number of nitrogens with zero attached hydrogens (tertiary/aromatic N) is 6. The number of hydrogen-bond acceptors (Lipinski definition) is 5. The minimum absolute atomic E-state index is 0.165. The fraction of sp³-hybridized carbons (Fsp3) is 0.0833. The van der Waals surface area contributed by atoms with Crippen molar-refractivity contribution in [3.63, 3.8) is 0 Å². The Kier molecular flexibility index (Phi) is 4.88. The highest BCUT2D eigenvalue weighted by Crippen LogP contribution is 2.36. The van der Waals surface area contributed by atoms with Crippen molar-refractivity contribution in [2.45, 2.75) is 12.5 Å². The van der Waals surface area contributed by atoms with Crippen LogP contribution in [0.4, 0.5) is 5.69 Å². The van der Waals surface area contributed by atoms with Gasteiger partial charge in [-0.05, 0) is 28.8 Å². The molecular formula is C24H20N6. The number of rotatable bonds is 5. The smallest absolute Gasteiger partial charge is 0.141 e. The first-order chi connectivity index (χ1) is 14.9. The lowest BCUT2D eigenvalue weighted by Gasteiger charge is -2.24. The number of hydrazone groups is 1. The summed E-state index contributed by atoms with van der Waals surface area (Å²) in [5.74, 6) is 0. The van der Waals surface area contributed by atoms with Gasteiger partial charge in [-0.1, -0.05) is 72.8 Å². The molecule has 1 aliphatic rings. The molecule has 3 aromatic carbocycles. The third-order valence-corrected chi connectivity index (χ3v) is 5.11. The van der Waals surface area contributed by atoms with Crippen molar-refractivity contribution in [2.75, 3.05) is 5.01 Å². The number of aromatic nitrogens is 3. The summed E-state index contributed by atoms with van der Waals surface area (Å²) >= 11 is 0.